The van der Waals surface area contributed by atoms with Crippen molar-refractivity contribution in [1.29, 1.82) is 0 Å². The smallest absolute Gasteiger partial charge is 0.545 e. The van der Waals surface area contributed by atoms with Gasteiger partial charge < -0.3 is 34.8 Å². The van der Waals surface area contributed by atoms with Gasteiger partial charge in [0.15, 0.2) is 0 Å². The summed E-state index contributed by atoms with van der Waals surface area (Å²) in [5, 5.41) is 41.5. The third kappa shape index (κ3) is 6.80. The van der Waals surface area contributed by atoms with Crippen molar-refractivity contribution in [1.82, 2.24) is 0 Å². The van der Waals surface area contributed by atoms with Crippen molar-refractivity contribution in [3.05, 3.63) is 46.5 Å². The Morgan fingerprint density at radius 2 is 1.00 bits per heavy atom. The quantitative estimate of drug-likeness (QED) is 0.479. The molecule has 0 atom stereocenters. The van der Waals surface area contributed by atoms with Crippen LogP contribution in [0.2, 0.25) is 0 Å². The minimum absolute atomic E-state index is 0. The van der Waals surface area contributed by atoms with Crippen LogP contribution in [0.1, 0.15) is 41.4 Å². The van der Waals surface area contributed by atoms with E-state index < -0.39 is 46.1 Å². The number of fused-ring (bicyclic) bond motifs is 1. The van der Waals surface area contributed by atoms with E-state index >= 15 is 0 Å². The summed E-state index contributed by atoms with van der Waals surface area (Å²) in [5.41, 5.74) is -2.39. The summed E-state index contributed by atoms with van der Waals surface area (Å²) in [5.74, 6) is -6.79. The standard InChI is InChI=1S/C14H8O8.3K/c15-11(16)5-1-7-8(10(3-5)14(21)22)2-6(12(17)18)4-9(7)13(19)20;;;/h1-4H,(H,15,16)(H,17,18)(H,19,20)(H,21,22);;;/q;3*+1/p-3. The van der Waals surface area contributed by atoms with Gasteiger partial charge in [-0.1, -0.05) is 0 Å². The molecule has 0 aliphatic carbocycles. The molecule has 0 aliphatic rings. The topological polar surface area (TPSA) is 158 Å². The second-order valence-corrected chi connectivity index (χ2v) is 4.31. The summed E-state index contributed by atoms with van der Waals surface area (Å²) in [6, 6.07) is 3.23. The molecule has 0 spiro atoms. The molecule has 2 aromatic rings. The summed E-state index contributed by atoms with van der Waals surface area (Å²) < 4.78 is 0. The van der Waals surface area contributed by atoms with Gasteiger partial charge in [0, 0.05) is 11.1 Å². The third-order valence-electron chi connectivity index (χ3n) is 2.99. The fraction of sp³-hybridized carbons (Fsp3) is 0. The summed E-state index contributed by atoms with van der Waals surface area (Å²) >= 11 is 0. The van der Waals surface area contributed by atoms with Gasteiger partial charge >= 0.3 is 160 Å². The van der Waals surface area contributed by atoms with Crippen LogP contribution in [-0.4, -0.2) is 29.0 Å². The molecule has 8 nitrogen and oxygen atoms in total. The van der Waals surface area contributed by atoms with Gasteiger partial charge in [0.1, 0.15) is 0 Å². The van der Waals surface area contributed by atoms with Gasteiger partial charge in [-0.15, -0.1) is 0 Å². The number of carbonyl (C=O) groups excluding carboxylic acids is 3. The van der Waals surface area contributed by atoms with E-state index in [-0.39, 0.29) is 165 Å². The first-order chi connectivity index (χ1) is 10.2. The van der Waals surface area contributed by atoms with E-state index in [0.717, 1.165) is 18.2 Å². The van der Waals surface area contributed by atoms with Gasteiger partial charge in [-0.2, -0.15) is 0 Å². The van der Waals surface area contributed by atoms with Crippen LogP contribution in [0.15, 0.2) is 24.3 Å². The van der Waals surface area contributed by atoms with Crippen molar-refractivity contribution < 1.29 is 194 Å². The van der Waals surface area contributed by atoms with Gasteiger partial charge in [-0.05, 0) is 40.6 Å². The molecule has 0 saturated carbocycles. The summed E-state index contributed by atoms with van der Waals surface area (Å²) in [7, 11) is 0. The Bertz CT molecular complexity index is 792. The molecule has 0 radical (unpaired) electrons. The molecule has 25 heavy (non-hydrogen) atoms. The molecule has 0 amide bonds. The number of hydrogen-bond donors (Lipinski definition) is 1. The predicted octanol–water partition coefficient (Wildman–Crippen LogP) is -11.4. The molecule has 2 aromatic carbocycles. The van der Waals surface area contributed by atoms with E-state index in [4.69, 9.17) is 5.11 Å². The number of rotatable bonds is 4. The Labute approximate surface area is 268 Å². The largest absolute Gasteiger partial charge is 1.00 e. The second-order valence-electron chi connectivity index (χ2n) is 4.31. The van der Waals surface area contributed by atoms with Crippen LogP contribution in [0.25, 0.3) is 10.8 Å². The van der Waals surface area contributed by atoms with Crippen LogP contribution >= 0.6 is 0 Å². The first-order valence-electron chi connectivity index (χ1n) is 5.71. The van der Waals surface area contributed by atoms with Crippen molar-refractivity contribution in [2.75, 3.05) is 0 Å². The van der Waals surface area contributed by atoms with Gasteiger partial charge in [0.05, 0.1) is 23.5 Å². The van der Waals surface area contributed by atoms with E-state index in [1.165, 1.54) is 0 Å². The molecule has 112 valence electrons. The van der Waals surface area contributed by atoms with Crippen LogP contribution < -0.4 is 169 Å². The zero-order chi connectivity index (χ0) is 16.6. The average molecular weight is 418 g/mol. The molecule has 0 aliphatic heterocycles. The average Bonchev–Trinajstić information content (AvgIpc) is 2.44. The van der Waals surface area contributed by atoms with Crippen LogP contribution in [0.3, 0.4) is 0 Å². The molecular formula is C14H5K3O8. The summed E-state index contributed by atoms with van der Waals surface area (Å²) in [4.78, 5) is 44.1. The maximum absolute atomic E-state index is 11.1. The van der Waals surface area contributed by atoms with Crippen molar-refractivity contribution in [3.8, 4) is 0 Å². The van der Waals surface area contributed by atoms with E-state index in [1.807, 2.05) is 0 Å². The Morgan fingerprint density at radius 1 is 0.640 bits per heavy atom. The number of carboxylic acid groups (broad SMARTS) is 4. The molecule has 0 aromatic heterocycles. The number of carbonyl (C=O) groups is 4. The minimum Gasteiger partial charge on any atom is -0.545 e. The van der Waals surface area contributed by atoms with E-state index in [2.05, 4.69) is 0 Å². The maximum Gasteiger partial charge on any atom is 1.00 e. The molecule has 0 saturated heterocycles. The Kier molecular flexibility index (Phi) is 13.9. The normalized spacial score (nSPS) is 9.12. The molecule has 0 fully saturated rings. The van der Waals surface area contributed by atoms with Crippen LogP contribution in [0, 0.1) is 0 Å². The van der Waals surface area contributed by atoms with Gasteiger partial charge in [0.2, 0.25) is 0 Å². The summed E-state index contributed by atoms with van der Waals surface area (Å²) in [6.45, 7) is 0. The number of benzene rings is 2. The van der Waals surface area contributed by atoms with E-state index in [0.29, 0.717) is 6.07 Å². The van der Waals surface area contributed by atoms with Gasteiger partial charge in [-0.25, -0.2) is 4.79 Å². The van der Waals surface area contributed by atoms with Crippen LogP contribution in [0.4, 0.5) is 0 Å². The second kappa shape index (κ2) is 12.1. The number of aromatic carboxylic acids is 4. The molecule has 2 rings (SSSR count). The first kappa shape index (κ1) is 28.7. The molecule has 0 unspecified atom stereocenters. The summed E-state index contributed by atoms with van der Waals surface area (Å²) in [6.07, 6.45) is 0. The van der Waals surface area contributed by atoms with Crippen LogP contribution in [0.5, 0.6) is 0 Å². The monoisotopic (exact) mass is 418 g/mol. The van der Waals surface area contributed by atoms with E-state index in [1.54, 1.807) is 0 Å². The van der Waals surface area contributed by atoms with Crippen LogP contribution in [-0.2, 0) is 0 Å². The molecule has 11 heteroatoms. The fourth-order valence-corrected chi connectivity index (χ4v) is 2.04. The molecular weight excluding hydrogens is 413 g/mol. The Hall–Kier alpha value is 1.49. The first-order valence-corrected chi connectivity index (χ1v) is 5.71. The van der Waals surface area contributed by atoms with Crippen molar-refractivity contribution >= 4 is 34.6 Å². The van der Waals surface area contributed by atoms with Crippen molar-refractivity contribution in [2.24, 2.45) is 0 Å². The van der Waals surface area contributed by atoms with Gasteiger partial charge in [0.25, 0.3) is 0 Å². The molecule has 1 N–H and O–H groups in total. The Balaban J connectivity index is 0. The minimum atomic E-state index is -1.79. The Morgan fingerprint density at radius 3 is 1.32 bits per heavy atom. The maximum atomic E-state index is 11.1. The van der Waals surface area contributed by atoms with Crippen molar-refractivity contribution in [2.45, 2.75) is 0 Å². The van der Waals surface area contributed by atoms with E-state index in [9.17, 15) is 34.5 Å². The van der Waals surface area contributed by atoms with Gasteiger partial charge in [-0.3, -0.25) is 0 Å². The zero-order valence-corrected chi connectivity index (χ0v) is 23.0. The fourth-order valence-electron chi connectivity index (χ4n) is 2.04. The number of carboxylic acids is 4. The predicted molar refractivity (Wildman–Crippen MR) is 63.9 cm³/mol. The SMILES string of the molecule is O=C([O-])c1cc(C(=O)[O-])c2cc(C(=O)O)cc(C(=O)[O-])c2c1.[K+].[K+].[K+]. The molecule has 0 bridgehead atoms. The number of hydrogen-bond acceptors (Lipinski definition) is 7. The zero-order valence-electron chi connectivity index (χ0n) is 13.6. The molecule has 0 heterocycles. The van der Waals surface area contributed by atoms with Crippen molar-refractivity contribution in [3.63, 3.8) is 0 Å². The third-order valence-corrected chi connectivity index (χ3v) is 2.99.